The van der Waals surface area contributed by atoms with Crippen LogP contribution in [0.1, 0.15) is 5.56 Å². The third kappa shape index (κ3) is 2.53. The molecule has 0 fully saturated rings. The molecular weight excluding hydrogens is 288 g/mol. The highest BCUT2D eigenvalue weighted by atomic mass is 14.1. The van der Waals surface area contributed by atoms with Crippen molar-refractivity contribution >= 4 is 16.8 Å². The van der Waals surface area contributed by atoms with E-state index >= 15 is 0 Å². The highest BCUT2D eigenvalue weighted by Gasteiger charge is 2.07. The summed E-state index contributed by atoms with van der Waals surface area (Å²) >= 11 is 0. The number of hydrogen-bond acceptors (Lipinski definition) is 0. The fourth-order valence-electron chi connectivity index (χ4n) is 3.26. The van der Waals surface area contributed by atoms with Crippen LogP contribution in [0.3, 0.4) is 0 Å². The average molecular weight is 306 g/mol. The van der Waals surface area contributed by atoms with Gasteiger partial charge >= 0.3 is 0 Å². The molecule has 0 aliphatic heterocycles. The summed E-state index contributed by atoms with van der Waals surface area (Å²) in [6, 6.07) is 32.1. The molecule has 0 aromatic heterocycles. The minimum absolute atomic E-state index is 1.16. The van der Waals surface area contributed by atoms with E-state index in [1.54, 1.807) is 0 Å². The van der Waals surface area contributed by atoms with E-state index in [1.165, 1.54) is 33.0 Å². The first-order chi connectivity index (χ1) is 11.9. The van der Waals surface area contributed by atoms with Crippen LogP contribution >= 0.6 is 0 Å². The van der Waals surface area contributed by atoms with Gasteiger partial charge in [0.05, 0.1) is 0 Å². The second kappa shape index (κ2) is 6.17. The molecule has 4 aromatic rings. The zero-order valence-corrected chi connectivity index (χ0v) is 13.4. The molecule has 0 aliphatic rings. The lowest BCUT2D eigenvalue weighted by Gasteiger charge is -2.11. The molecule has 0 atom stereocenters. The van der Waals surface area contributed by atoms with Gasteiger partial charge < -0.3 is 0 Å². The molecule has 0 amide bonds. The lowest BCUT2D eigenvalue weighted by Crippen LogP contribution is -1.87. The fraction of sp³-hybridized carbons (Fsp3) is 0. The zero-order valence-electron chi connectivity index (χ0n) is 13.4. The Bertz CT molecular complexity index is 1010. The van der Waals surface area contributed by atoms with Crippen molar-refractivity contribution < 1.29 is 0 Å². The van der Waals surface area contributed by atoms with Crippen LogP contribution in [-0.4, -0.2) is 0 Å². The Morgan fingerprint density at radius 2 is 1.33 bits per heavy atom. The molecule has 0 bridgehead atoms. The van der Waals surface area contributed by atoms with E-state index in [-0.39, 0.29) is 0 Å². The molecule has 114 valence electrons. The Balaban J connectivity index is 1.90. The Hall–Kier alpha value is -3.12. The molecule has 24 heavy (non-hydrogen) atoms. The third-order valence-electron chi connectivity index (χ3n) is 4.46. The Labute approximate surface area is 142 Å². The van der Waals surface area contributed by atoms with Crippen molar-refractivity contribution in [1.29, 1.82) is 0 Å². The SMILES string of the molecule is C=Cc1cc(-c2cccc3ccccc23)ccc1-c1ccccc1. The van der Waals surface area contributed by atoms with Gasteiger partial charge in [-0.1, -0.05) is 97.6 Å². The van der Waals surface area contributed by atoms with Crippen molar-refractivity contribution in [3.05, 3.63) is 103 Å². The zero-order chi connectivity index (χ0) is 16.4. The second-order valence-corrected chi connectivity index (χ2v) is 5.90. The van der Waals surface area contributed by atoms with Crippen molar-refractivity contribution in [3.8, 4) is 22.3 Å². The van der Waals surface area contributed by atoms with Crippen molar-refractivity contribution in [2.24, 2.45) is 0 Å². The minimum Gasteiger partial charge on any atom is -0.0984 e. The minimum atomic E-state index is 1.16. The van der Waals surface area contributed by atoms with Gasteiger partial charge in [-0.15, -0.1) is 0 Å². The third-order valence-corrected chi connectivity index (χ3v) is 4.46. The van der Waals surface area contributed by atoms with Crippen molar-refractivity contribution in [1.82, 2.24) is 0 Å². The first-order valence-corrected chi connectivity index (χ1v) is 8.17. The van der Waals surface area contributed by atoms with Crippen LogP contribution in [0.25, 0.3) is 39.1 Å². The van der Waals surface area contributed by atoms with Gasteiger partial charge in [0.1, 0.15) is 0 Å². The Morgan fingerprint density at radius 3 is 2.17 bits per heavy atom. The maximum absolute atomic E-state index is 4.01. The highest BCUT2D eigenvalue weighted by molar-refractivity contribution is 5.97. The van der Waals surface area contributed by atoms with E-state index < -0.39 is 0 Å². The lowest BCUT2D eigenvalue weighted by atomic mass is 9.93. The topological polar surface area (TPSA) is 0 Å². The molecule has 0 saturated carbocycles. The largest absolute Gasteiger partial charge is 0.0984 e. The highest BCUT2D eigenvalue weighted by Crippen LogP contribution is 2.33. The number of rotatable bonds is 3. The summed E-state index contributed by atoms with van der Waals surface area (Å²) in [6.45, 7) is 4.01. The molecule has 0 heteroatoms. The fourth-order valence-corrected chi connectivity index (χ4v) is 3.26. The van der Waals surface area contributed by atoms with Gasteiger partial charge in [-0.05, 0) is 44.7 Å². The van der Waals surface area contributed by atoms with E-state index in [1.807, 2.05) is 12.1 Å². The van der Waals surface area contributed by atoms with Gasteiger partial charge in [-0.3, -0.25) is 0 Å². The van der Waals surface area contributed by atoms with E-state index in [9.17, 15) is 0 Å². The number of fused-ring (bicyclic) bond motifs is 1. The predicted molar refractivity (Wildman–Crippen MR) is 105 cm³/mol. The van der Waals surface area contributed by atoms with Crippen molar-refractivity contribution in [2.75, 3.05) is 0 Å². The Kier molecular flexibility index (Phi) is 3.72. The smallest absolute Gasteiger partial charge is 0.0105 e. The van der Waals surface area contributed by atoms with E-state index in [2.05, 4.69) is 91.5 Å². The van der Waals surface area contributed by atoms with E-state index in [0.29, 0.717) is 0 Å². The van der Waals surface area contributed by atoms with Crippen LogP contribution in [0.2, 0.25) is 0 Å². The molecule has 0 heterocycles. The summed E-state index contributed by atoms with van der Waals surface area (Å²) < 4.78 is 0. The van der Waals surface area contributed by atoms with Gasteiger partial charge in [0.2, 0.25) is 0 Å². The van der Waals surface area contributed by atoms with Gasteiger partial charge in [0, 0.05) is 0 Å². The molecule has 0 saturated heterocycles. The molecule has 0 nitrogen and oxygen atoms in total. The Morgan fingerprint density at radius 1 is 0.583 bits per heavy atom. The van der Waals surface area contributed by atoms with Crippen LogP contribution in [0.4, 0.5) is 0 Å². The van der Waals surface area contributed by atoms with Crippen molar-refractivity contribution in [2.45, 2.75) is 0 Å². The summed E-state index contributed by atoms with van der Waals surface area (Å²) in [4.78, 5) is 0. The quantitative estimate of drug-likeness (QED) is 0.389. The molecule has 0 spiro atoms. The first-order valence-electron chi connectivity index (χ1n) is 8.17. The van der Waals surface area contributed by atoms with Gasteiger partial charge in [0.15, 0.2) is 0 Å². The molecule has 0 radical (unpaired) electrons. The lowest BCUT2D eigenvalue weighted by molar-refractivity contribution is 1.58. The summed E-state index contributed by atoms with van der Waals surface area (Å²) in [5.74, 6) is 0. The molecule has 0 N–H and O–H groups in total. The van der Waals surface area contributed by atoms with Crippen LogP contribution < -0.4 is 0 Å². The van der Waals surface area contributed by atoms with Crippen molar-refractivity contribution in [3.63, 3.8) is 0 Å². The second-order valence-electron chi connectivity index (χ2n) is 5.90. The normalized spacial score (nSPS) is 10.7. The molecule has 0 unspecified atom stereocenters. The first kappa shape index (κ1) is 14.5. The van der Waals surface area contributed by atoms with Crippen LogP contribution in [0.15, 0.2) is 97.6 Å². The van der Waals surface area contributed by atoms with Crippen LogP contribution in [0, 0.1) is 0 Å². The maximum Gasteiger partial charge on any atom is -0.0105 e. The van der Waals surface area contributed by atoms with Gasteiger partial charge in [-0.2, -0.15) is 0 Å². The summed E-state index contributed by atoms with van der Waals surface area (Å²) in [5, 5.41) is 2.55. The maximum atomic E-state index is 4.01. The monoisotopic (exact) mass is 306 g/mol. The summed E-state index contributed by atoms with van der Waals surface area (Å²) in [6.07, 6.45) is 1.94. The van der Waals surface area contributed by atoms with E-state index in [0.717, 1.165) is 5.56 Å². The number of benzene rings is 4. The van der Waals surface area contributed by atoms with Gasteiger partial charge in [0.25, 0.3) is 0 Å². The molecule has 4 rings (SSSR count). The summed E-state index contributed by atoms with van der Waals surface area (Å²) in [7, 11) is 0. The van der Waals surface area contributed by atoms with E-state index in [4.69, 9.17) is 0 Å². The summed E-state index contributed by atoms with van der Waals surface area (Å²) in [5.41, 5.74) is 6.08. The van der Waals surface area contributed by atoms with Crippen LogP contribution in [0.5, 0.6) is 0 Å². The molecule has 0 aliphatic carbocycles. The molecular formula is C24H18. The number of hydrogen-bond donors (Lipinski definition) is 0. The average Bonchev–Trinajstić information content (AvgIpc) is 2.67. The van der Waals surface area contributed by atoms with Crippen LogP contribution in [-0.2, 0) is 0 Å². The molecule has 4 aromatic carbocycles. The standard InChI is InChI=1S/C24H18/c1-2-18-17-21(15-16-22(18)19-9-4-3-5-10-19)24-14-8-12-20-11-6-7-13-23(20)24/h2-17H,1H2. The predicted octanol–water partition coefficient (Wildman–Crippen LogP) is 6.82. The van der Waals surface area contributed by atoms with Gasteiger partial charge in [-0.25, -0.2) is 0 Å².